The molecule has 2 aromatic carbocycles. The van der Waals surface area contributed by atoms with Crippen molar-refractivity contribution in [1.82, 2.24) is 14.9 Å². The van der Waals surface area contributed by atoms with Crippen molar-refractivity contribution in [2.45, 2.75) is 81.2 Å². The molecule has 3 unspecified atom stereocenters. The molecular weight excluding hydrogens is 655 g/mol. The Labute approximate surface area is 239 Å². The summed E-state index contributed by atoms with van der Waals surface area (Å²) in [6, 6.07) is 4.26. The predicted molar refractivity (Wildman–Crippen MR) is 143 cm³/mol. The lowest BCUT2D eigenvalue weighted by atomic mass is 9.77. The van der Waals surface area contributed by atoms with E-state index in [0.29, 0.717) is 22.0 Å². The normalized spacial score (nSPS) is 29.4. The first-order valence-electron chi connectivity index (χ1n) is 12.7. The lowest BCUT2D eigenvalue weighted by Gasteiger charge is -2.42. The molecule has 1 saturated heterocycles. The highest BCUT2D eigenvalue weighted by molar-refractivity contribution is 14.1. The van der Waals surface area contributed by atoms with E-state index < -0.39 is 40.7 Å². The molecule has 5 rings (SSSR count). The molecule has 0 bridgehead atoms. The lowest BCUT2D eigenvalue weighted by molar-refractivity contribution is -0.138. The van der Waals surface area contributed by atoms with Gasteiger partial charge < -0.3 is 24.8 Å². The Bertz CT molecular complexity index is 1400. The molecule has 0 radical (unpaired) electrons. The van der Waals surface area contributed by atoms with Gasteiger partial charge in [-0.15, -0.1) is 0 Å². The molecule has 40 heavy (non-hydrogen) atoms. The molecule has 1 aliphatic carbocycles. The number of aromatic nitrogens is 2. The fourth-order valence-corrected chi connectivity index (χ4v) is 6.64. The number of benzene rings is 2. The molecule has 6 nitrogen and oxygen atoms in total. The van der Waals surface area contributed by atoms with Crippen LogP contribution in [0.25, 0.3) is 11.0 Å². The number of nitrogens with one attached hydrogen (secondary N) is 1. The molecule has 2 fully saturated rings. The summed E-state index contributed by atoms with van der Waals surface area (Å²) in [5.74, 6) is -0.00984. The number of hydrogen-bond acceptors (Lipinski definition) is 5. The number of halogens is 7. The third kappa shape index (κ3) is 5.66. The Morgan fingerprint density at radius 1 is 1.05 bits per heavy atom. The number of imidazole rings is 1. The van der Waals surface area contributed by atoms with Gasteiger partial charge in [0.1, 0.15) is 17.9 Å². The second kappa shape index (κ2) is 10.0. The van der Waals surface area contributed by atoms with Gasteiger partial charge >= 0.3 is 12.4 Å². The zero-order valence-electron chi connectivity index (χ0n) is 21.6. The zero-order valence-corrected chi connectivity index (χ0v) is 23.7. The van der Waals surface area contributed by atoms with Gasteiger partial charge in [0, 0.05) is 18.1 Å². The molecule has 1 aliphatic heterocycles. The smallest absolute Gasteiger partial charge is 0.418 e. The van der Waals surface area contributed by atoms with Crippen molar-refractivity contribution in [2.24, 2.45) is 0 Å². The Kier molecular flexibility index (Phi) is 7.36. The summed E-state index contributed by atoms with van der Waals surface area (Å²) in [6.45, 7) is 3.36. The predicted octanol–water partition coefficient (Wildman–Crippen LogP) is 6.17. The Hall–Kier alpha value is -2.10. The molecule has 3 atom stereocenters. The molecule has 2 heterocycles. The van der Waals surface area contributed by atoms with Crippen LogP contribution in [-0.4, -0.2) is 44.1 Å². The number of fused-ring (bicyclic) bond motifs is 1. The number of alkyl halides is 6. The van der Waals surface area contributed by atoms with Gasteiger partial charge in [0.2, 0.25) is 0 Å². The van der Waals surface area contributed by atoms with E-state index in [1.54, 1.807) is 6.92 Å². The van der Waals surface area contributed by atoms with Crippen molar-refractivity contribution in [3.05, 3.63) is 56.9 Å². The van der Waals surface area contributed by atoms with Crippen LogP contribution < -0.4 is 10.1 Å². The van der Waals surface area contributed by atoms with Crippen LogP contribution in [0.4, 0.5) is 26.3 Å². The minimum absolute atomic E-state index is 0.00984. The summed E-state index contributed by atoms with van der Waals surface area (Å²) >= 11 is 1.90. The highest BCUT2D eigenvalue weighted by Gasteiger charge is 2.43. The Balaban J connectivity index is 1.39. The number of aliphatic hydroxyl groups is 2. The quantitative estimate of drug-likeness (QED) is 0.222. The maximum Gasteiger partial charge on any atom is 0.418 e. The van der Waals surface area contributed by atoms with Crippen molar-refractivity contribution in [1.29, 1.82) is 0 Å². The molecular formula is C27H28F6IN3O3. The number of piperidine rings is 1. The first-order valence-corrected chi connectivity index (χ1v) is 13.8. The zero-order chi connectivity index (χ0) is 29.3. The third-order valence-electron chi connectivity index (χ3n) is 7.74. The van der Waals surface area contributed by atoms with Gasteiger partial charge in [-0.1, -0.05) is 12.1 Å². The highest BCUT2D eigenvalue weighted by atomic mass is 127. The molecule has 0 spiro atoms. The van der Waals surface area contributed by atoms with E-state index in [-0.39, 0.29) is 48.3 Å². The van der Waals surface area contributed by atoms with Gasteiger partial charge in [0.05, 0.1) is 37.7 Å². The lowest BCUT2D eigenvalue weighted by Crippen LogP contribution is -2.53. The van der Waals surface area contributed by atoms with E-state index in [4.69, 9.17) is 4.74 Å². The largest absolute Gasteiger partial charge is 0.491 e. The van der Waals surface area contributed by atoms with Gasteiger partial charge in [0.15, 0.2) is 0 Å². The topological polar surface area (TPSA) is 79.5 Å². The van der Waals surface area contributed by atoms with Crippen LogP contribution in [0.1, 0.15) is 62.3 Å². The summed E-state index contributed by atoms with van der Waals surface area (Å²) in [6.07, 6.45) is -6.87. The average molecular weight is 683 g/mol. The molecule has 13 heteroatoms. The summed E-state index contributed by atoms with van der Waals surface area (Å²) in [5.41, 5.74) is -3.68. The van der Waals surface area contributed by atoms with E-state index >= 15 is 0 Å². The maximum atomic E-state index is 14.2. The van der Waals surface area contributed by atoms with Crippen LogP contribution in [0, 0.1) is 3.57 Å². The van der Waals surface area contributed by atoms with E-state index in [2.05, 4.69) is 10.3 Å². The molecule has 1 aromatic heterocycles. The summed E-state index contributed by atoms with van der Waals surface area (Å²) in [4.78, 5) is 4.26. The summed E-state index contributed by atoms with van der Waals surface area (Å²) in [7, 11) is 0. The molecule has 2 aliphatic rings. The molecule has 3 aromatic rings. The van der Waals surface area contributed by atoms with Crippen LogP contribution in [0.2, 0.25) is 0 Å². The van der Waals surface area contributed by atoms with Gasteiger partial charge in [-0.2, -0.15) is 26.3 Å². The van der Waals surface area contributed by atoms with Crippen molar-refractivity contribution in [2.75, 3.05) is 6.61 Å². The fraction of sp³-hybridized carbons (Fsp3) is 0.519. The van der Waals surface area contributed by atoms with Gasteiger partial charge in [-0.25, -0.2) is 4.98 Å². The number of rotatable bonds is 5. The van der Waals surface area contributed by atoms with Gasteiger partial charge in [-0.3, -0.25) is 0 Å². The SMILES string of the molecule is CC1CC(O)(c2ccc(C(F)(F)F)cc2)CC(COc2cc(C(F)(F)F)c3c(ncn3C3CC(C)(O)C3)c2I)N1. The maximum absolute atomic E-state index is 14.2. The average Bonchev–Trinajstić information content (AvgIpc) is 3.25. The van der Waals surface area contributed by atoms with Crippen LogP contribution in [-0.2, 0) is 18.0 Å². The van der Waals surface area contributed by atoms with Gasteiger partial charge in [0.25, 0.3) is 0 Å². The number of ether oxygens (including phenoxy) is 1. The molecule has 0 amide bonds. The van der Waals surface area contributed by atoms with Crippen LogP contribution >= 0.6 is 22.6 Å². The first kappa shape index (κ1) is 29.4. The van der Waals surface area contributed by atoms with Crippen LogP contribution in [0.3, 0.4) is 0 Å². The van der Waals surface area contributed by atoms with Crippen molar-refractivity contribution in [3.63, 3.8) is 0 Å². The van der Waals surface area contributed by atoms with Gasteiger partial charge in [-0.05, 0) is 85.9 Å². The highest BCUT2D eigenvalue weighted by Crippen LogP contribution is 2.46. The van der Waals surface area contributed by atoms with Crippen molar-refractivity contribution >= 4 is 33.6 Å². The van der Waals surface area contributed by atoms with E-state index in [1.807, 2.05) is 29.5 Å². The van der Waals surface area contributed by atoms with E-state index in [9.17, 15) is 36.6 Å². The van der Waals surface area contributed by atoms with Crippen molar-refractivity contribution < 1.29 is 41.3 Å². The minimum Gasteiger partial charge on any atom is -0.491 e. The summed E-state index contributed by atoms with van der Waals surface area (Å²) < 4.78 is 89.3. The van der Waals surface area contributed by atoms with E-state index in [0.717, 1.165) is 18.2 Å². The number of nitrogens with zero attached hydrogens (tertiary/aromatic N) is 2. The minimum atomic E-state index is -4.69. The monoisotopic (exact) mass is 683 g/mol. The fourth-order valence-electron chi connectivity index (χ4n) is 5.94. The Morgan fingerprint density at radius 3 is 2.27 bits per heavy atom. The number of hydrogen-bond donors (Lipinski definition) is 3. The second-order valence-corrected chi connectivity index (χ2v) is 12.3. The van der Waals surface area contributed by atoms with Crippen LogP contribution in [0.15, 0.2) is 36.7 Å². The third-order valence-corrected chi connectivity index (χ3v) is 8.78. The first-order chi connectivity index (χ1) is 18.5. The molecule has 1 saturated carbocycles. The Morgan fingerprint density at radius 2 is 1.70 bits per heavy atom. The van der Waals surface area contributed by atoms with Crippen LogP contribution in [0.5, 0.6) is 5.75 Å². The summed E-state index contributed by atoms with van der Waals surface area (Å²) in [5, 5.41) is 24.7. The van der Waals surface area contributed by atoms with E-state index in [1.165, 1.54) is 23.0 Å². The molecule has 218 valence electrons. The molecule has 3 N–H and O–H groups in total. The standard InChI is InChI=1S/C27H28F6IN3O3/c1-14-8-25(39,15-3-5-16(6-4-15)26(28,29)30)9-17(36-14)12-40-20-7-19(27(31,32)33)23-22(21(20)34)35-13-37(23)18-10-24(2,38)11-18/h3-7,13-14,17-18,36,38-39H,8-12H2,1-2H3. The van der Waals surface area contributed by atoms with Crippen molar-refractivity contribution in [3.8, 4) is 5.75 Å². The second-order valence-electron chi connectivity index (χ2n) is 11.2.